The van der Waals surface area contributed by atoms with Crippen LogP contribution in [0.5, 0.6) is 0 Å². The molecule has 0 aromatic heterocycles. The maximum Gasteiger partial charge on any atom is 0.338 e. The Labute approximate surface area is 362 Å². The summed E-state index contributed by atoms with van der Waals surface area (Å²) < 4.78 is 60.5. The van der Waals surface area contributed by atoms with Crippen molar-refractivity contribution in [2.24, 2.45) is 0 Å². The van der Waals surface area contributed by atoms with E-state index in [4.69, 9.17) is 47.4 Å². The molecule has 0 spiro atoms. The molecule has 0 aliphatic carbocycles. The fourth-order valence-electron chi connectivity index (χ4n) is 6.89. The Bertz CT molecular complexity index is 2180. The van der Waals surface area contributed by atoms with Gasteiger partial charge in [-0.2, -0.15) is 0 Å². The van der Waals surface area contributed by atoms with Crippen LogP contribution in [0, 0.1) is 0 Å². The number of hydrogen-bond donors (Lipinski definition) is 0. The normalized spacial score (nSPS) is 25.3. The van der Waals surface area contributed by atoms with E-state index in [0.29, 0.717) is 0 Å². The fourth-order valence-corrected chi connectivity index (χ4v) is 6.89. The molecule has 0 saturated carbocycles. The minimum Gasteiger partial charge on any atom is -0.459 e. The third-order valence-corrected chi connectivity index (χ3v) is 9.74. The van der Waals surface area contributed by atoms with Crippen LogP contribution in [0.25, 0.3) is 0 Å². The first-order chi connectivity index (χ1) is 30.4. The number of carbonyl (C=O) groups is 6. The van der Waals surface area contributed by atoms with Gasteiger partial charge in [0, 0.05) is 13.8 Å². The standard InChI is InChI=1S/C47H46O16/c1-5-26-54-46-40(62-45(53)34-24-16-9-17-25-34)39(61-44(52)33-22-14-8-15-23-33)37(35(59-46)27-55-42(50)31-18-10-6-11-19-31)63-47-41(58-30(4)49)38(57-29(3)48)36(28(2)56-47)60-43(51)32-20-12-7-13-21-32/h5-25,28,35-41,46-47H,1,26-27H2,2-4H3/t28-,35+,36-,37+,38+,39-,40-,41+,46-,47-/m0/s1. The lowest BCUT2D eigenvalue weighted by molar-refractivity contribution is -0.354. The van der Waals surface area contributed by atoms with Crippen LogP contribution in [0.2, 0.25) is 0 Å². The summed E-state index contributed by atoms with van der Waals surface area (Å²) in [6.07, 6.45) is -13.8. The van der Waals surface area contributed by atoms with Gasteiger partial charge in [-0.25, -0.2) is 19.2 Å². The lowest BCUT2D eigenvalue weighted by Gasteiger charge is -2.48. The van der Waals surface area contributed by atoms with Gasteiger partial charge in [0.1, 0.15) is 18.8 Å². The summed E-state index contributed by atoms with van der Waals surface area (Å²) in [6, 6.07) is 32.0. The molecule has 16 heteroatoms. The average molecular weight is 867 g/mol. The van der Waals surface area contributed by atoms with E-state index in [9.17, 15) is 28.8 Å². The lowest BCUT2D eigenvalue weighted by Crippen LogP contribution is -2.66. The minimum absolute atomic E-state index is 0.102. The van der Waals surface area contributed by atoms with Gasteiger partial charge in [-0.3, -0.25) is 9.59 Å². The number of carbonyl (C=O) groups excluding carboxylic acids is 6. The van der Waals surface area contributed by atoms with Crippen molar-refractivity contribution in [2.45, 2.75) is 82.2 Å². The Hall–Kier alpha value is -6.72. The van der Waals surface area contributed by atoms with Gasteiger partial charge in [-0.15, -0.1) is 6.58 Å². The third kappa shape index (κ3) is 12.0. The SMILES string of the molecule is C=CCO[C@H]1O[C@H](COC(=O)c2ccccc2)[C@@H](O[C@@H]2O[C@@H](C)[C@H](OC(=O)c3ccccc3)[C@@H](OC(C)=O)[C@H]2OC(C)=O)[C@H](OC(=O)c2ccccc2)[C@@H]1OC(=O)c1ccccc1. The molecule has 0 N–H and O–H groups in total. The van der Waals surface area contributed by atoms with Crippen molar-refractivity contribution >= 4 is 35.8 Å². The zero-order chi connectivity index (χ0) is 44.9. The Kier molecular flexibility index (Phi) is 15.9. The maximum absolute atomic E-state index is 14.0. The molecule has 2 heterocycles. The summed E-state index contributed by atoms with van der Waals surface area (Å²) in [5, 5.41) is 0. The molecule has 0 unspecified atom stereocenters. The van der Waals surface area contributed by atoms with Gasteiger partial charge in [0.25, 0.3) is 0 Å². The van der Waals surface area contributed by atoms with Crippen molar-refractivity contribution in [1.82, 2.24) is 0 Å². The molecule has 2 aliphatic rings. The molecular weight excluding hydrogens is 821 g/mol. The Morgan fingerprint density at radius 1 is 0.508 bits per heavy atom. The van der Waals surface area contributed by atoms with E-state index in [1.807, 2.05) is 0 Å². The van der Waals surface area contributed by atoms with Crippen LogP contribution >= 0.6 is 0 Å². The summed E-state index contributed by atoms with van der Waals surface area (Å²) >= 11 is 0. The van der Waals surface area contributed by atoms with E-state index in [0.717, 1.165) is 13.8 Å². The number of ether oxygens (including phenoxy) is 10. The average Bonchev–Trinajstić information content (AvgIpc) is 3.29. The summed E-state index contributed by atoms with van der Waals surface area (Å²) in [4.78, 5) is 80.0. The monoisotopic (exact) mass is 866 g/mol. The molecule has 2 fully saturated rings. The van der Waals surface area contributed by atoms with E-state index in [2.05, 4.69) is 6.58 Å². The number of rotatable bonds is 16. The molecule has 0 amide bonds. The molecule has 4 aromatic rings. The van der Waals surface area contributed by atoms with Crippen LogP contribution in [-0.4, -0.2) is 110 Å². The molecule has 2 saturated heterocycles. The van der Waals surface area contributed by atoms with Gasteiger partial charge in [0.15, 0.2) is 43.1 Å². The van der Waals surface area contributed by atoms with Crippen molar-refractivity contribution in [3.05, 3.63) is 156 Å². The predicted molar refractivity (Wildman–Crippen MR) is 219 cm³/mol. The molecule has 2 aliphatic heterocycles. The van der Waals surface area contributed by atoms with Gasteiger partial charge < -0.3 is 47.4 Å². The summed E-state index contributed by atoms with van der Waals surface area (Å²) in [6.45, 7) is 6.69. The zero-order valence-corrected chi connectivity index (χ0v) is 34.6. The lowest BCUT2D eigenvalue weighted by atomic mass is 9.96. The summed E-state index contributed by atoms with van der Waals surface area (Å²) in [7, 11) is 0. The number of hydrogen-bond acceptors (Lipinski definition) is 16. The van der Waals surface area contributed by atoms with Crippen LogP contribution in [-0.2, 0) is 57.0 Å². The van der Waals surface area contributed by atoms with Crippen LogP contribution in [0.15, 0.2) is 134 Å². The Balaban J connectivity index is 1.43. The molecule has 10 atom stereocenters. The molecular formula is C47H46O16. The van der Waals surface area contributed by atoms with E-state index < -0.39 is 104 Å². The number of esters is 6. The topological polar surface area (TPSA) is 195 Å². The van der Waals surface area contributed by atoms with Crippen LogP contribution in [0.1, 0.15) is 62.2 Å². The Morgan fingerprint density at radius 3 is 1.37 bits per heavy atom. The smallest absolute Gasteiger partial charge is 0.338 e. The van der Waals surface area contributed by atoms with Crippen LogP contribution in [0.3, 0.4) is 0 Å². The maximum atomic E-state index is 14.0. The van der Waals surface area contributed by atoms with E-state index >= 15 is 0 Å². The van der Waals surface area contributed by atoms with Crippen molar-refractivity contribution in [1.29, 1.82) is 0 Å². The van der Waals surface area contributed by atoms with Crippen molar-refractivity contribution < 1.29 is 76.1 Å². The second-order valence-electron chi connectivity index (χ2n) is 14.3. The third-order valence-electron chi connectivity index (χ3n) is 9.74. The largest absolute Gasteiger partial charge is 0.459 e. The van der Waals surface area contributed by atoms with E-state index in [1.54, 1.807) is 72.8 Å². The van der Waals surface area contributed by atoms with Gasteiger partial charge in [-0.1, -0.05) is 78.9 Å². The highest BCUT2D eigenvalue weighted by Gasteiger charge is 2.57. The first kappa shape index (κ1) is 45.8. The van der Waals surface area contributed by atoms with Crippen molar-refractivity contribution in [3.63, 3.8) is 0 Å². The van der Waals surface area contributed by atoms with Crippen molar-refractivity contribution in [2.75, 3.05) is 13.2 Å². The van der Waals surface area contributed by atoms with Crippen molar-refractivity contribution in [3.8, 4) is 0 Å². The Morgan fingerprint density at radius 2 is 0.905 bits per heavy atom. The second-order valence-corrected chi connectivity index (χ2v) is 14.3. The quantitative estimate of drug-likeness (QED) is 0.0784. The van der Waals surface area contributed by atoms with Crippen LogP contribution < -0.4 is 0 Å². The van der Waals surface area contributed by atoms with Gasteiger partial charge in [0.2, 0.25) is 0 Å². The highest BCUT2D eigenvalue weighted by Crippen LogP contribution is 2.36. The first-order valence-electron chi connectivity index (χ1n) is 20.0. The first-order valence-corrected chi connectivity index (χ1v) is 20.0. The molecule has 0 radical (unpaired) electrons. The summed E-state index contributed by atoms with van der Waals surface area (Å²) in [5.41, 5.74) is 0.606. The predicted octanol–water partition coefficient (Wildman–Crippen LogP) is 5.44. The van der Waals surface area contributed by atoms with Gasteiger partial charge >= 0.3 is 35.8 Å². The van der Waals surface area contributed by atoms with E-state index in [1.165, 1.54) is 61.5 Å². The summed E-state index contributed by atoms with van der Waals surface area (Å²) in [5.74, 6) is -5.00. The fraction of sp³-hybridized carbons (Fsp3) is 0.319. The molecule has 6 rings (SSSR count). The molecule has 4 aromatic carbocycles. The number of benzene rings is 4. The molecule has 0 bridgehead atoms. The molecule has 63 heavy (non-hydrogen) atoms. The molecule has 330 valence electrons. The van der Waals surface area contributed by atoms with Gasteiger partial charge in [-0.05, 0) is 55.5 Å². The molecule has 16 nitrogen and oxygen atoms in total. The second kappa shape index (κ2) is 21.9. The highest BCUT2D eigenvalue weighted by molar-refractivity contribution is 5.91. The van der Waals surface area contributed by atoms with Gasteiger partial charge in [0.05, 0.1) is 35.0 Å². The van der Waals surface area contributed by atoms with E-state index in [-0.39, 0.29) is 28.9 Å². The highest BCUT2D eigenvalue weighted by atomic mass is 16.8. The minimum atomic E-state index is -1.71. The zero-order valence-electron chi connectivity index (χ0n) is 34.6. The van der Waals surface area contributed by atoms with Crippen LogP contribution in [0.4, 0.5) is 0 Å².